The van der Waals surface area contributed by atoms with Gasteiger partial charge in [-0.3, -0.25) is 19.1 Å². The summed E-state index contributed by atoms with van der Waals surface area (Å²) in [6, 6.07) is 7.31. The van der Waals surface area contributed by atoms with E-state index < -0.39 is 18.5 Å². The van der Waals surface area contributed by atoms with Crippen LogP contribution in [0.1, 0.15) is 50.0 Å². The van der Waals surface area contributed by atoms with Crippen molar-refractivity contribution < 1.29 is 13.6 Å². The number of benzene rings is 1. The van der Waals surface area contributed by atoms with Crippen LogP contribution in [0.3, 0.4) is 0 Å². The number of alkyl halides is 2. The summed E-state index contributed by atoms with van der Waals surface area (Å²) < 4.78 is 29.7. The second kappa shape index (κ2) is 11.6. The van der Waals surface area contributed by atoms with Crippen LogP contribution in [0.5, 0.6) is 0 Å². The van der Waals surface area contributed by atoms with Crippen LogP contribution in [0.15, 0.2) is 53.8 Å². The Balaban J connectivity index is 1.63. The fourth-order valence-electron chi connectivity index (χ4n) is 5.08. The number of hydrogen-bond acceptors (Lipinski definition) is 7. The van der Waals surface area contributed by atoms with Gasteiger partial charge in [0, 0.05) is 58.8 Å². The first-order valence-corrected chi connectivity index (χ1v) is 13.3. The molecule has 0 fully saturated rings. The fourth-order valence-corrected chi connectivity index (χ4v) is 5.30. The van der Waals surface area contributed by atoms with Crippen LogP contribution >= 0.6 is 11.6 Å². The van der Waals surface area contributed by atoms with Gasteiger partial charge in [-0.15, -0.1) is 0 Å². The number of aromatic nitrogens is 5. The largest absolute Gasteiger partial charge is 0.388 e. The van der Waals surface area contributed by atoms with Gasteiger partial charge >= 0.3 is 6.55 Å². The molecule has 41 heavy (non-hydrogen) atoms. The van der Waals surface area contributed by atoms with Crippen molar-refractivity contribution in [3.05, 3.63) is 75.7 Å². The molecular formula is C28H27ClF2N8O2. The summed E-state index contributed by atoms with van der Waals surface area (Å²) in [5.74, 6) is -0.718. The maximum atomic E-state index is 13.9. The Morgan fingerprint density at radius 3 is 2.71 bits per heavy atom. The van der Waals surface area contributed by atoms with Crippen LogP contribution in [0.25, 0.3) is 22.5 Å². The van der Waals surface area contributed by atoms with Gasteiger partial charge in [0.2, 0.25) is 5.91 Å². The van der Waals surface area contributed by atoms with Gasteiger partial charge in [-0.25, -0.2) is 9.67 Å². The number of nitrogens with one attached hydrogen (secondary N) is 3. The molecule has 212 valence electrons. The summed E-state index contributed by atoms with van der Waals surface area (Å²) in [6.07, 6.45) is 6.81. The number of hydrogen-bond donors (Lipinski definition) is 3. The number of amides is 1. The summed E-state index contributed by atoms with van der Waals surface area (Å²) in [4.78, 5) is 35.4. The zero-order valence-corrected chi connectivity index (χ0v) is 23.0. The van der Waals surface area contributed by atoms with Crippen LogP contribution < -0.4 is 16.2 Å². The molecule has 0 aliphatic carbocycles. The lowest BCUT2D eigenvalue weighted by Crippen LogP contribution is -2.27. The Kier molecular flexibility index (Phi) is 7.93. The van der Waals surface area contributed by atoms with E-state index in [-0.39, 0.29) is 22.8 Å². The number of pyridine rings is 1. The average Bonchev–Trinajstić information content (AvgIpc) is 3.38. The topological polar surface area (TPSA) is 131 Å². The Morgan fingerprint density at radius 2 is 2.00 bits per heavy atom. The molecule has 3 N–H and O–H groups in total. The monoisotopic (exact) mass is 580 g/mol. The predicted octanol–water partition coefficient (Wildman–Crippen LogP) is 5.60. The summed E-state index contributed by atoms with van der Waals surface area (Å²) in [7, 11) is 1.71. The molecule has 1 amide bonds. The van der Waals surface area contributed by atoms with Crippen molar-refractivity contribution in [1.29, 1.82) is 5.41 Å². The Bertz CT molecular complexity index is 1690. The van der Waals surface area contributed by atoms with Crippen molar-refractivity contribution in [2.45, 2.75) is 38.8 Å². The summed E-state index contributed by atoms with van der Waals surface area (Å²) >= 11 is 6.29. The smallest absolute Gasteiger partial charge is 0.333 e. The molecule has 4 heterocycles. The predicted molar refractivity (Wildman–Crippen MR) is 153 cm³/mol. The Hall–Kier alpha value is -4.45. The fraction of sp³-hybridized carbons (Fsp3) is 0.286. The molecule has 0 saturated carbocycles. The number of anilines is 2. The summed E-state index contributed by atoms with van der Waals surface area (Å²) in [5.41, 5.74) is 2.70. The van der Waals surface area contributed by atoms with E-state index in [0.29, 0.717) is 62.7 Å². The first kappa shape index (κ1) is 28.1. The zero-order chi connectivity index (χ0) is 29.3. The molecule has 0 saturated heterocycles. The van der Waals surface area contributed by atoms with Crippen molar-refractivity contribution in [3.8, 4) is 22.5 Å². The molecule has 4 aromatic rings. The molecule has 0 radical (unpaired) electrons. The molecular weight excluding hydrogens is 554 g/mol. The minimum atomic E-state index is -2.94. The molecule has 1 aromatic carbocycles. The van der Waals surface area contributed by atoms with Gasteiger partial charge < -0.3 is 16.0 Å². The van der Waals surface area contributed by atoms with E-state index in [2.05, 4.69) is 25.7 Å². The maximum absolute atomic E-state index is 13.9. The normalized spacial score (nSPS) is 17.3. The van der Waals surface area contributed by atoms with E-state index in [1.54, 1.807) is 38.2 Å². The van der Waals surface area contributed by atoms with Crippen LogP contribution in [0.4, 0.5) is 20.2 Å². The minimum Gasteiger partial charge on any atom is -0.388 e. The van der Waals surface area contributed by atoms with E-state index in [9.17, 15) is 18.4 Å². The molecule has 2 bridgehead atoms. The molecule has 1 aliphatic rings. The molecule has 2 atom stereocenters. The quantitative estimate of drug-likeness (QED) is 0.263. The van der Waals surface area contributed by atoms with Gasteiger partial charge in [-0.1, -0.05) is 24.9 Å². The summed E-state index contributed by atoms with van der Waals surface area (Å²) in [6.45, 7) is -1.17. The molecule has 1 aliphatic heterocycles. The van der Waals surface area contributed by atoms with E-state index in [4.69, 9.17) is 17.0 Å². The van der Waals surface area contributed by atoms with Crippen molar-refractivity contribution in [3.63, 3.8) is 0 Å². The Morgan fingerprint density at radius 1 is 1.20 bits per heavy atom. The van der Waals surface area contributed by atoms with E-state index >= 15 is 0 Å². The van der Waals surface area contributed by atoms with Gasteiger partial charge in [0.25, 0.3) is 5.56 Å². The second-order valence-electron chi connectivity index (χ2n) is 9.76. The lowest BCUT2D eigenvalue weighted by atomic mass is 9.97. The third-order valence-corrected chi connectivity index (χ3v) is 7.42. The number of carbonyl (C=O) groups excluding carboxylic acids is 1. The summed E-state index contributed by atoms with van der Waals surface area (Å²) in [5, 5.41) is 17.8. The van der Waals surface area contributed by atoms with Crippen molar-refractivity contribution in [2.24, 2.45) is 5.92 Å². The highest BCUT2D eigenvalue weighted by Crippen LogP contribution is 2.35. The van der Waals surface area contributed by atoms with Crippen LogP contribution in [0, 0.1) is 11.3 Å². The maximum Gasteiger partial charge on any atom is 0.333 e. The zero-order valence-electron chi connectivity index (χ0n) is 22.2. The highest BCUT2D eigenvalue weighted by atomic mass is 35.5. The van der Waals surface area contributed by atoms with Gasteiger partial charge in [0.1, 0.15) is 0 Å². The number of nitrogens with zero attached hydrogens (tertiary/aromatic N) is 5. The van der Waals surface area contributed by atoms with Crippen molar-refractivity contribution in [2.75, 3.05) is 17.7 Å². The number of carbonyl (C=O) groups is 1. The standard InChI is InChI=1S/C28H27ClF2N8O2/c1-15-4-3-5-24(22-8-16(6-7-34-22)26-23(37-27(15)41)13-36-39(26)28(30)31)38-14-35-21(11-25(38)40)18-9-17(29)10-20(33-2)19(18)12-32/h6-15,24,28,32-33H,3-5H2,1-2H3,(H,37,41)/t15-,24+/m1/s1. The molecule has 0 unspecified atom stereocenters. The lowest BCUT2D eigenvalue weighted by Gasteiger charge is -2.22. The van der Waals surface area contributed by atoms with Crippen LogP contribution in [0.2, 0.25) is 5.02 Å². The van der Waals surface area contributed by atoms with E-state index in [0.717, 1.165) is 0 Å². The third kappa shape index (κ3) is 5.47. The number of rotatable bonds is 5. The molecule has 5 rings (SSSR count). The van der Waals surface area contributed by atoms with Crippen molar-refractivity contribution >= 4 is 35.1 Å². The van der Waals surface area contributed by atoms with Gasteiger partial charge in [-0.05, 0) is 37.1 Å². The SMILES string of the molecule is CNc1cc(Cl)cc(-c2cc(=O)n([C@H]3CCC[C@@H](C)C(=O)Nc4cnn(C(F)F)c4-c4ccnc3c4)cn2)c1C=N. The number of fused-ring (bicyclic) bond motifs is 4. The average molecular weight is 581 g/mol. The number of halogens is 3. The highest BCUT2D eigenvalue weighted by Gasteiger charge is 2.26. The highest BCUT2D eigenvalue weighted by molar-refractivity contribution is 6.31. The van der Waals surface area contributed by atoms with E-state index in [1.807, 2.05) is 0 Å². The first-order chi connectivity index (χ1) is 19.7. The van der Waals surface area contributed by atoms with Crippen molar-refractivity contribution in [1.82, 2.24) is 24.3 Å². The Labute approximate surface area is 238 Å². The minimum absolute atomic E-state index is 0.0461. The third-order valence-electron chi connectivity index (χ3n) is 7.20. The van der Waals surface area contributed by atoms with Gasteiger partial charge in [-0.2, -0.15) is 13.9 Å². The molecule has 13 heteroatoms. The van der Waals surface area contributed by atoms with Gasteiger partial charge in [0.05, 0.1) is 41.3 Å². The first-order valence-electron chi connectivity index (χ1n) is 12.9. The molecule has 3 aromatic heterocycles. The molecule has 0 spiro atoms. The lowest BCUT2D eigenvalue weighted by molar-refractivity contribution is -0.119. The second-order valence-corrected chi connectivity index (χ2v) is 10.2. The molecule has 10 nitrogen and oxygen atoms in total. The van der Waals surface area contributed by atoms with Crippen LogP contribution in [-0.2, 0) is 4.79 Å². The van der Waals surface area contributed by atoms with Gasteiger partial charge in [0.15, 0.2) is 0 Å². The van der Waals surface area contributed by atoms with E-state index in [1.165, 1.54) is 35.6 Å². The van der Waals surface area contributed by atoms with Crippen LogP contribution in [-0.4, -0.2) is 43.5 Å².